The molecule has 0 saturated heterocycles. The fourth-order valence-electron chi connectivity index (χ4n) is 2.71. The summed E-state index contributed by atoms with van der Waals surface area (Å²) in [6.45, 7) is 0. The summed E-state index contributed by atoms with van der Waals surface area (Å²) in [5.41, 5.74) is 6.30. The zero-order valence-electron chi connectivity index (χ0n) is 11.0. The van der Waals surface area contributed by atoms with E-state index in [4.69, 9.17) is 5.73 Å². The fraction of sp³-hybridized carbons (Fsp3) is 0.429. The molecule has 0 aliphatic heterocycles. The molecule has 0 unspecified atom stereocenters. The average molecular weight is 278 g/mol. The van der Waals surface area contributed by atoms with Crippen molar-refractivity contribution in [1.82, 2.24) is 14.8 Å². The molecule has 3 rings (SSSR count). The van der Waals surface area contributed by atoms with Gasteiger partial charge in [-0.1, -0.05) is 19.3 Å². The predicted octanol–water partition coefficient (Wildman–Crippen LogP) is 3.31. The average Bonchev–Trinajstić information content (AvgIpc) is 2.84. The molecule has 1 aliphatic carbocycles. The zero-order valence-corrected chi connectivity index (χ0v) is 11.0. The summed E-state index contributed by atoms with van der Waals surface area (Å²) in [6, 6.07) is 2.31. The van der Waals surface area contributed by atoms with Gasteiger partial charge < -0.3 is 5.73 Å². The molecule has 0 bridgehead atoms. The Bertz CT molecular complexity index is 618. The Hall–Kier alpha value is -1.98. The van der Waals surface area contributed by atoms with Gasteiger partial charge in [0.25, 0.3) is 0 Å². The van der Waals surface area contributed by atoms with E-state index in [0.29, 0.717) is 5.69 Å². The van der Waals surface area contributed by atoms with Crippen LogP contribution in [0, 0.1) is 11.8 Å². The van der Waals surface area contributed by atoms with Crippen LogP contribution in [0.15, 0.2) is 18.3 Å². The maximum absolute atomic E-state index is 13.8. The molecule has 1 fully saturated rings. The van der Waals surface area contributed by atoms with Gasteiger partial charge in [-0.15, -0.1) is 0 Å². The second-order valence-electron chi connectivity index (χ2n) is 5.17. The van der Waals surface area contributed by atoms with Gasteiger partial charge in [0.05, 0.1) is 11.7 Å². The lowest BCUT2D eigenvalue weighted by Crippen LogP contribution is -2.13. The summed E-state index contributed by atoms with van der Waals surface area (Å²) in [6.07, 6.45) is 7.33. The third kappa shape index (κ3) is 2.37. The van der Waals surface area contributed by atoms with E-state index in [1.165, 1.54) is 6.42 Å². The normalized spacial score (nSPS) is 16.5. The van der Waals surface area contributed by atoms with Crippen molar-refractivity contribution >= 4 is 5.69 Å². The van der Waals surface area contributed by atoms with Crippen LogP contribution in [0.5, 0.6) is 0 Å². The van der Waals surface area contributed by atoms with E-state index in [1.807, 2.05) is 0 Å². The fourth-order valence-corrected chi connectivity index (χ4v) is 2.71. The van der Waals surface area contributed by atoms with Crippen molar-refractivity contribution in [2.45, 2.75) is 38.1 Å². The van der Waals surface area contributed by atoms with Crippen LogP contribution in [0.4, 0.5) is 14.5 Å². The number of nitrogen functional groups attached to an aromatic ring is 1. The molecule has 106 valence electrons. The minimum atomic E-state index is -0.743. The van der Waals surface area contributed by atoms with Crippen LogP contribution in [0.3, 0.4) is 0 Å². The van der Waals surface area contributed by atoms with E-state index in [-0.39, 0.29) is 17.4 Å². The topological polar surface area (TPSA) is 56.7 Å². The second-order valence-corrected chi connectivity index (χ2v) is 5.17. The maximum Gasteiger partial charge on any atom is 0.213 e. The minimum Gasteiger partial charge on any atom is -0.396 e. The summed E-state index contributed by atoms with van der Waals surface area (Å²) >= 11 is 0. The Morgan fingerprint density at radius 3 is 2.60 bits per heavy atom. The van der Waals surface area contributed by atoms with Crippen LogP contribution < -0.4 is 5.73 Å². The molecular formula is C14H16F2N4. The van der Waals surface area contributed by atoms with E-state index < -0.39 is 11.8 Å². The van der Waals surface area contributed by atoms with Gasteiger partial charge in [-0.25, -0.2) is 9.37 Å². The largest absolute Gasteiger partial charge is 0.396 e. The smallest absolute Gasteiger partial charge is 0.213 e. The quantitative estimate of drug-likeness (QED) is 0.857. The van der Waals surface area contributed by atoms with Crippen LogP contribution in [-0.2, 0) is 0 Å². The van der Waals surface area contributed by atoms with Gasteiger partial charge in [0, 0.05) is 6.20 Å². The molecule has 0 amide bonds. The minimum absolute atomic E-state index is 0.128. The van der Waals surface area contributed by atoms with Crippen molar-refractivity contribution in [1.29, 1.82) is 0 Å². The van der Waals surface area contributed by atoms with E-state index >= 15 is 0 Å². The van der Waals surface area contributed by atoms with Gasteiger partial charge in [0.15, 0.2) is 5.82 Å². The summed E-state index contributed by atoms with van der Waals surface area (Å²) in [5.74, 6) is -1.36. The van der Waals surface area contributed by atoms with Gasteiger partial charge in [-0.05, 0) is 25.0 Å². The summed E-state index contributed by atoms with van der Waals surface area (Å²) < 4.78 is 28.7. The first-order valence-electron chi connectivity index (χ1n) is 6.82. The SMILES string of the molecule is Nc1cn(C2CCCCC2)nc1-c1nc(F)ccc1F. The van der Waals surface area contributed by atoms with Crippen LogP contribution in [0.25, 0.3) is 11.4 Å². The van der Waals surface area contributed by atoms with Gasteiger partial charge >= 0.3 is 0 Å². The molecule has 0 atom stereocenters. The molecule has 2 aromatic rings. The molecule has 4 nitrogen and oxygen atoms in total. The third-order valence-electron chi connectivity index (χ3n) is 3.75. The highest BCUT2D eigenvalue weighted by Crippen LogP contribution is 2.31. The Morgan fingerprint density at radius 2 is 1.85 bits per heavy atom. The molecular weight excluding hydrogens is 262 g/mol. The Kier molecular flexibility index (Phi) is 3.38. The predicted molar refractivity (Wildman–Crippen MR) is 71.9 cm³/mol. The molecule has 2 aromatic heterocycles. The van der Waals surface area contributed by atoms with Gasteiger partial charge in [0.1, 0.15) is 11.4 Å². The Balaban J connectivity index is 1.98. The molecule has 1 saturated carbocycles. The number of rotatable bonds is 2. The van der Waals surface area contributed by atoms with Crippen LogP contribution >= 0.6 is 0 Å². The molecule has 0 aromatic carbocycles. The maximum atomic E-state index is 13.8. The van der Waals surface area contributed by atoms with Crippen molar-refractivity contribution in [2.75, 3.05) is 5.73 Å². The van der Waals surface area contributed by atoms with Crippen LogP contribution in [0.1, 0.15) is 38.1 Å². The number of nitrogens with zero attached hydrogens (tertiary/aromatic N) is 3. The van der Waals surface area contributed by atoms with Crippen molar-refractivity contribution in [2.24, 2.45) is 0 Å². The Morgan fingerprint density at radius 1 is 1.10 bits per heavy atom. The zero-order chi connectivity index (χ0) is 14.1. The van der Waals surface area contributed by atoms with Gasteiger partial charge in [-0.3, -0.25) is 4.68 Å². The number of aromatic nitrogens is 3. The third-order valence-corrected chi connectivity index (χ3v) is 3.75. The lowest BCUT2D eigenvalue weighted by molar-refractivity contribution is 0.330. The van der Waals surface area contributed by atoms with Crippen LogP contribution in [-0.4, -0.2) is 14.8 Å². The standard InChI is InChI=1S/C14H16F2N4/c15-10-6-7-12(16)18-13(10)14-11(17)8-20(19-14)9-4-2-1-3-5-9/h6-9H,1-5,17H2. The number of nitrogens with two attached hydrogens (primary N) is 1. The van der Waals surface area contributed by atoms with Crippen molar-refractivity contribution in [3.8, 4) is 11.4 Å². The molecule has 2 N–H and O–H groups in total. The van der Waals surface area contributed by atoms with Gasteiger partial charge in [-0.2, -0.15) is 9.49 Å². The lowest BCUT2D eigenvalue weighted by atomic mass is 9.96. The first-order valence-corrected chi connectivity index (χ1v) is 6.82. The lowest BCUT2D eigenvalue weighted by Gasteiger charge is -2.21. The van der Waals surface area contributed by atoms with E-state index in [2.05, 4.69) is 10.1 Å². The molecule has 20 heavy (non-hydrogen) atoms. The number of hydrogen-bond acceptors (Lipinski definition) is 3. The number of pyridine rings is 1. The van der Waals surface area contributed by atoms with Crippen molar-refractivity contribution < 1.29 is 8.78 Å². The van der Waals surface area contributed by atoms with E-state index in [9.17, 15) is 8.78 Å². The van der Waals surface area contributed by atoms with Crippen LogP contribution in [0.2, 0.25) is 0 Å². The summed E-state index contributed by atoms with van der Waals surface area (Å²) in [7, 11) is 0. The molecule has 2 heterocycles. The molecule has 0 spiro atoms. The highest BCUT2D eigenvalue weighted by Gasteiger charge is 2.20. The number of halogens is 2. The Labute approximate surface area is 115 Å². The van der Waals surface area contributed by atoms with Crippen molar-refractivity contribution in [3.63, 3.8) is 0 Å². The highest BCUT2D eigenvalue weighted by atomic mass is 19.1. The summed E-state index contributed by atoms with van der Waals surface area (Å²) in [4.78, 5) is 3.56. The molecule has 6 heteroatoms. The highest BCUT2D eigenvalue weighted by molar-refractivity contribution is 5.69. The number of hydrogen-bond donors (Lipinski definition) is 1. The summed E-state index contributed by atoms with van der Waals surface area (Å²) in [5, 5.41) is 4.33. The van der Waals surface area contributed by atoms with E-state index in [1.54, 1.807) is 10.9 Å². The van der Waals surface area contributed by atoms with Crippen molar-refractivity contribution in [3.05, 3.63) is 30.1 Å². The monoisotopic (exact) mass is 278 g/mol. The van der Waals surface area contributed by atoms with E-state index in [0.717, 1.165) is 37.8 Å². The van der Waals surface area contributed by atoms with Gasteiger partial charge in [0.2, 0.25) is 5.95 Å². The number of anilines is 1. The molecule has 0 radical (unpaired) electrons. The second kappa shape index (κ2) is 5.19. The molecule has 1 aliphatic rings. The first-order chi connectivity index (χ1) is 9.65. The first kappa shape index (κ1) is 13.0.